The predicted octanol–water partition coefficient (Wildman–Crippen LogP) is 1.85. The van der Waals surface area contributed by atoms with E-state index < -0.39 is 33.6 Å². The summed E-state index contributed by atoms with van der Waals surface area (Å²) in [5.41, 5.74) is -4.98. The van der Waals surface area contributed by atoms with Crippen molar-refractivity contribution in [2.45, 2.75) is 18.0 Å². The van der Waals surface area contributed by atoms with Gasteiger partial charge >= 0.3 is 21.6 Å². The highest BCUT2D eigenvalue weighted by Gasteiger charge is 2.51. The molecule has 0 aromatic heterocycles. The fourth-order valence-electron chi connectivity index (χ4n) is 2.09. The van der Waals surface area contributed by atoms with Crippen LogP contribution in [0.1, 0.15) is 17.2 Å². The van der Waals surface area contributed by atoms with Gasteiger partial charge < -0.3 is 5.11 Å². The Bertz CT molecular complexity index is 638. The molecule has 5 nitrogen and oxygen atoms in total. The molecule has 2 unspecified atom stereocenters. The number of fused-ring (bicyclic) bond motifs is 1. The maximum atomic E-state index is 12.3. The Kier molecular flexibility index (Phi) is 3.51. The standard InChI is InChI=1S/C11H9F3O5S/c12-11(13,14)20(17,18)19-9-7-4-2-1-3-6(7)5-8(9)10(15)16/h1-4,8-9H,5H2,(H,15,16). The first-order chi connectivity index (χ1) is 9.13. The van der Waals surface area contributed by atoms with Crippen molar-refractivity contribution in [1.82, 2.24) is 0 Å². The second-order valence-electron chi connectivity index (χ2n) is 4.26. The number of hydrogen-bond donors (Lipinski definition) is 1. The average Bonchev–Trinajstić information content (AvgIpc) is 2.67. The SMILES string of the molecule is O=C(O)C1Cc2ccccc2C1OS(=O)(=O)C(F)(F)F. The number of hydrogen-bond acceptors (Lipinski definition) is 4. The molecule has 1 aliphatic rings. The van der Waals surface area contributed by atoms with Crippen LogP contribution in [-0.2, 0) is 25.5 Å². The zero-order valence-corrected chi connectivity index (χ0v) is 10.6. The minimum Gasteiger partial charge on any atom is -0.481 e. The fraction of sp³-hybridized carbons (Fsp3) is 0.364. The third kappa shape index (κ3) is 2.50. The predicted molar refractivity (Wildman–Crippen MR) is 60.1 cm³/mol. The molecule has 2 rings (SSSR count). The number of benzene rings is 1. The number of halogens is 3. The molecular formula is C11H9F3O5S. The Balaban J connectivity index is 2.40. The smallest absolute Gasteiger partial charge is 0.481 e. The van der Waals surface area contributed by atoms with Gasteiger partial charge in [0.1, 0.15) is 6.10 Å². The second-order valence-corrected chi connectivity index (χ2v) is 5.83. The Morgan fingerprint density at radius 3 is 2.45 bits per heavy atom. The average molecular weight is 310 g/mol. The van der Waals surface area contributed by atoms with Crippen molar-refractivity contribution in [3.63, 3.8) is 0 Å². The molecule has 0 saturated carbocycles. The highest BCUT2D eigenvalue weighted by atomic mass is 32.2. The van der Waals surface area contributed by atoms with Crippen LogP contribution in [0.2, 0.25) is 0 Å². The maximum Gasteiger partial charge on any atom is 0.523 e. The van der Waals surface area contributed by atoms with E-state index in [1.165, 1.54) is 18.2 Å². The van der Waals surface area contributed by atoms with Crippen molar-refractivity contribution in [1.29, 1.82) is 0 Å². The number of carboxylic acids is 1. The first-order valence-electron chi connectivity index (χ1n) is 5.43. The van der Waals surface area contributed by atoms with E-state index in [1.807, 2.05) is 0 Å². The molecule has 0 fully saturated rings. The van der Waals surface area contributed by atoms with Crippen LogP contribution >= 0.6 is 0 Å². The van der Waals surface area contributed by atoms with E-state index >= 15 is 0 Å². The zero-order valence-electron chi connectivity index (χ0n) is 9.79. The summed E-state index contributed by atoms with van der Waals surface area (Å²) >= 11 is 0. The van der Waals surface area contributed by atoms with Crippen LogP contribution in [0.3, 0.4) is 0 Å². The van der Waals surface area contributed by atoms with E-state index in [1.54, 1.807) is 6.07 Å². The van der Waals surface area contributed by atoms with Crippen molar-refractivity contribution in [2.24, 2.45) is 5.92 Å². The van der Waals surface area contributed by atoms with Crippen LogP contribution < -0.4 is 0 Å². The highest BCUT2D eigenvalue weighted by Crippen LogP contribution is 2.42. The number of aliphatic carboxylic acids is 1. The summed E-state index contributed by atoms with van der Waals surface area (Å²) < 4.78 is 63.2. The van der Waals surface area contributed by atoms with Crippen LogP contribution in [0.4, 0.5) is 13.2 Å². The molecule has 0 saturated heterocycles. The number of carbonyl (C=O) groups is 1. The van der Waals surface area contributed by atoms with Gasteiger partial charge in [-0.3, -0.25) is 8.98 Å². The summed E-state index contributed by atoms with van der Waals surface area (Å²) in [6.07, 6.45) is -1.75. The monoisotopic (exact) mass is 310 g/mol. The van der Waals surface area contributed by atoms with Crippen LogP contribution in [0.15, 0.2) is 24.3 Å². The lowest BCUT2D eigenvalue weighted by Gasteiger charge is -2.18. The summed E-state index contributed by atoms with van der Waals surface area (Å²) in [6.45, 7) is 0. The van der Waals surface area contributed by atoms with Gasteiger partial charge in [0.15, 0.2) is 0 Å². The van der Waals surface area contributed by atoms with Gasteiger partial charge in [-0.2, -0.15) is 21.6 Å². The van der Waals surface area contributed by atoms with Crippen molar-refractivity contribution < 1.29 is 35.7 Å². The Morgan fingerprint density at radius 2 is 1.90 bits per heavy atom. The third-order valence-electron chi connectivity index (χ3n) is 3.00. The molecule has 0 amide bonds. The zero-order chi connectivity index (χ0) is 15.1. The molecule has 0 bridgehead atoms. The molecule has 20 heavy (non-hydrogen) atoms. The first-order valence-corrected chi connectivity index (χ1v) is 6.84. The Hall–Kier alpha value is -1.61. The molecule has 2 atom stereocenters. The molecule has 1 N–H and O–H groups in total. The first kappa shape index (κ1) is 14.8. The van der Waals surface area contributed by atoms with Gasteiger partial charge in [0.2, 0.25) is 0 Å². The van der Waals surface area contributed by atoms with Gasteiger partial charge in [0.25, 0.3) is 0 Å². The van der Waals surface area contributed by atoms with Crippen LogP contribution in [-0.4, -0.2) is 25.0 Å². The van der Waals surface area contributed by atoms with Crippen LogP contribution in [0.25, 0.3) is 0 Å². The minimum absolute atomic E-state index is 0.0798. The largest absolute Gasteiger partial charge is 0.523 e. The molecule has 0 radical (unpaired) electrons. The minimum atomic E-state index is -5.85. The number of rotatable bonds is 3. The van der Waals surface area contributed by atoms with Gasteiger partial charge in [0, 0.05) is 0 Å². The lowest BCUT2D eigenvalue weighted by molar-refractivity contribution is -0.145. The molecule has 1 aromatic rings. The van der Waals surface area contributed by atoms with Crippen LogP contribution in [0, 0.1) is 5.92 Å². The lowest BCUT2D eigenvalue weighted by atomic mass is 10.0. The Morgan fingerprint density at radius 1 is 1.30 bits per heavy atom. The van der Waals surface area contributed by atoms with Gasteiger partial charge in [-0.25, -0.2) is 0 Å². The van der Waals surface area contributed by atoms with E-state index in [4.69, 9.17) is 5.11 Å². The molecule has 110 valence electrons. The summed E-state index contributed by atoms with van der Waals surface area (Å²) in [5, 5.41) is 9.00. The molecule has 0 spiro atoms. The summed E-state index contributed by atoms with van der Waals surface area (Å²) in [6, 6.07) is 5.93. The number of carboxylic acid groups (broad SMARTS) is 1. The molecule has 0 heterocycles. The second kappa shape index (κ2) is 4.74. The van der Waals surface area contributed by atoms with E-state index in [0.717, 1.165) is 0 Å². The van der Waals surface area contributed by atoms with E-state index in [9.17, 15) is 26.4 Å². The van der Waals surface area contributed by atoms with Crippen LogP contribution in [0.5, 0.6) is 0 Å². The highest BCUT2D eigenvalue weighted by molar-refractivity contribution is 7.87. The van der Waals surface area contributed by atoms with Gasteiger partial charge in [0.05, 0.1) is 5.92 Å². The van der Waals surface area contributed by atoms with Crippen molar-refractivity contribution >= 4 is 16.1 Å². The van der Waals surface area contributed by atoms with Gasteiger partial charge in [-0.15, -0.1) is 0 Å². The summed E-state index contributed by atoms with van der Waals surface area (Å²) in [4.78, 5) is 11.1. The Labute approximate surface area is 112 Å². The van der Waals surface area contributed by atoms with Gasteiger partial charge in [-0.05, 0) is 17.5 Å². The maximum absolute atomic E-state index is 12.3. The topological polar surface area (TPSA) is 80.7 Å². The van der Waals surface area contributed by atoms with Crippen molar-refractivity contribution in [2.75, 3.05) is 0 Å². The van der Waals surface area contributed by atoms with Gasteiger partial charge in [-0.1, -0.05) is 24.3 Å². The fourth-order valence-corrected chi connectivity index (χ4v) is 2.70. The molecular weight excluding hydrogens is 301 g/mol. The molecule has 0 aliphatic heterocycles. The van der Waals surface area contributed by atoms with E-state index in [-0.39, 0.29) is 12.0 Å². The normalized spacial score (nSPS) is 22.6. The lowest BCUT2D eigenvalue weighted by Crippen LogP contribution is -2.30. The quantitative estimate of drug-likeness (QED) is 0.681. The van der Waals surface area contributed by atoms with Crippen molar-refractivity contribution in [3.05, 3.63) is 35.4 Å². The third-order valence-corrected chi connectivity index (χ3v) is 4.03. The number of alkyl halides is 3. The molecule has 1 aromatic carbocycles. The summed E-state index contributed by atoms with van der Waals surface area (Å²) in [5.74, 6) is -2.78. The van der Waals surface area contributed by atoms with Crippen molar-refractivity contribution in [3.8, 4) is 0 Å². The van der Waals surface area contributed by atoms with E-state index in [0.29, 0.717) is 5.56 Å². The van der Waals surface area contributed by atoms with E-state index in [2.05, 4.69) is 4.18 Å². The molecule has 1 aliphatic carbocycles. The molecule has 9 heteroatoms. The summed E-state index contributed by atoms with van der Waals surface area (Å²) in [7, 11) is -5.85.